The second-order valence-electron chi connectivity index (χ2n) is 6.14. The Morgan fingerprint density at radius 3 is 2.50 bits per heavy atom. The molecule has 0 radical (unpaired) electrons. The van der Waals surface area contributed by atoms with Gasteiger partial charge >= 0.3 is 0 Å². The number of primary amides is 1. The zero-order valence-corrected chi connectivity index (χ0v) is 16.2. The SMILES string of the molecule is NC(=O)c1cnc(N2CCC(OCc3ccc(Cl)c(Cl)c3)CC2)c(Cl)c1. The van der Waals surface area contributed by atoms with Gasteiger partial charge in [0.05, 0.1) is 33.3 Å². The summed E-state index contributed by atoms with van der Waals surface area (Å²) >= 11 is 18.2. The van der Waals surface area contributed by atoms with Crippen LogP contribution in [0.3, 0.4) is 0 Å². The molecule has 0 atom stereocenters. The van der Waals surface area contributed by atoms with Crippen molar-refractivity contribution in [2.45, 2.75) is 25.6 Å². The molecule has 1 aromatic carbocycles. The fourth-order valence-electron chi connectivity index (χ4n) is 2.88. The first kappa shape index (κ1) is 19.2. The van der Waals surface area contributed by atoms with Gasteiger partial charge < -0.3 is 15.4 Å². The number of benzene rings is 1. The Labute approximate surface area is 167 Å². The zero-order chi connectivity index (χ0) is 18.7. The molecule has 0 bridgehead atoms. The number of carbonyl (C=O) groups excluding carboxylic acids is 1. The number of aromatic nitrogens is 1. The number of amides is 1. The van der Waals surface area contributed by atoms with Gasteiger partial charge in [-0.15, -0.1) is 0 Å². The number of halogens is 3. The monoisotopic (exact) mass is 413 g/mol. The summed E-state index contributed by atoms with van der Waals surface area (Å²) in [5.41, 5.74) is 6.54. The van der Waals surface area contributed by atoms with Crippen molar-refractivity contribution in [3.63, 3.8) is 0 Å². The number of carbonyl (C=O) groups is 1. The van der Waals surface area contributed by atoms with Crippen LogP contribution in [0.4, 0.5) is 5.82 Å². The minimum Gasteiger partial charge on any atom is -0.373 e. The second-order valence-corrected chi connectivity index (χ2v) is 7.36. The van der Waals surface area contributed by atoms with Gasteiger partial charge in [0.1, 0.15) is 5.82 Å². The summed E-state index contributed by atoms with van der Waals surface area (Å²) in [7, 11) is 0. The number of piperidine rings is 1. The molecule has 2 N–H and O–H groups in total. The average Bonchev–Trinajstić information content (AvgIpc) is 2.63. The van der Waals surface area contributed by atoms with Crippen LogP contribution >= 0.6 is 34.8 Å². The number of ether oxygens (including phenoxy) is 1. The molecule has 26 heavy (non-hydrogen) atoms. The van der Waals surface area contributed by atoms with Crippen LogP contribution in [-0.2, 0) is 11.3 Å². The van der Waals surface area contributed by atoms with Gasteiger partial charge in [0.2, 0.25) is 5.91 Å². The third kappa shape index (κ3) is 4.60. The topological polar surface area (TPSA) is 68.5 Å². The highest BCUT2D eigenvalue weighted by atomic mass is 35.5. The second kappa shape index (κ2) is 8.44. The maximum absolute atomic E-state index is 11.2. The maximum atomic E-state index is 11.2. The molecule has 0 aliphatic carbocycles. The molecule has 2 heterocycles. The van der Waals surface area contributed by atoms with Gasteiger partial charge in [-0.25, -0.2) is 4.98 Å². The van der Waals surface area contributed by atoms with E-state index in [1.165, 1.54) is 6.20 Å². The standard InChI is InChI=1S/C18H18Cl3N3O2/c19-14-2-1-11(7-15(14)20)10-26-13-3-5-24(6-4-13)18-16(21)8-12(9-23-18)17(22)25/h1-2,7-9,13H,3-6,10H2,(H2,22,25). The molecule has 1 aromatic heterocycles. The van der Waals surface area contributed by atoms with Crippen molar-refractivity contribution >= 4 is 46.5 Å². The number of rotatable bonds is 5. The Bertz CT molecular complexity index is 808. The summed E-state index contributed by atoms with van der Waals surface area (Å²) in [5, 5.41) is 1.50. The van der Waals surface area contributed by atoms with Gasteiger partial charge in [0.15, 0.2) is 0 Å². The minimum absolute atomic E-state index is 0.157. The summed E-state index contributed by atoms with van der Waals surface area (Å²) in [5.74, 6) is 0.125. The van der Waals surface area contributed by atoms with Gasteiger partial charge in [-0.3, -0.25) is 4.79 Å². The van der Waals surface area contributed by atoms with E-state index in [4.69, 9.17) is 45.3 Å². The van der Waals surface area contributed by atoms with E-state index in [2.05, 4.69) is 9.88 Å². The molecule has 5 nitrogen and oxygen atoms in total. The van der Waals surface area contributed by atoms with E-state index in [0.717, 1.165) is 31.5 Å². The first-order valence-corrected chi connectivity index (χ1v) is 9.33. The first-order chi connectivity index (χ1) is 12.4. The molecule has 2 aromatic rings. The third-order valence-corrected chi connectivity index (χ3v) is 5.33. The van der Waals surface area contributed by atoms with Crippen LogP contribution in [-0.4, -0.2) is 30.1 Å². The van der Waals surface area contributed by atoms with Crippen molar-refractivity contribution in [1.29, 1.82) is 0 Å². The first-order valence-electron chi connectivity index (χ1n) is 8.20. The number of anilines is 1. The van der Waals surface area contributed by atoms with E-state index in [0.29, 0.717) is 33.1 Å². The number of nitrogens with two attached hydrogens (primary N) is 1. The van der Waals surface area contributed by atoms with Crippen LogP contribution in [0, 0.1) is 0 Å². The number of pyridine rings is 1. The fraction of sp³-hybridized carbons (Fsp3) is 0.333. The van der Waals surface area contributed by atoms with E-state index < -0.39 is 5.91 Å². The van der Waals surface area contributed by atoms with Gasteiger partial charge in [-0.2, -0.15) is 0 Å². The number of hydrogen-bond donors (Lipinski definition) is 1. The zero-order valence-electron chi connectivity index (χ0n) is 13.9. The van der Waals surface area contributed by atoms with Crippen molar-refractivity contribution < 1.29 is 9.53 Å². The lowest BCUT2D eigenvalue weighted by molar-refractivity contribution is 0.0250. The van der Waals surface area contributed by atoms with E-state index in [9.17, 15) is 4.79 Å². The predicted octanol–water partition coefficient (Wildman–Crippen LogP) is 4.33. The third-order valence-electron chi connectivity index (χ3n) is 4.32. The summed E-state index contributed by atoms with van der Waals surface area (Å²) < 4.78 is 5.99. The van der Waals surface area contributed by atoms with Crippen molar-refractivity contribution in [2.75, 3.05) is 18.0 Å². The van der Waals surface area contributed by atoms with E-state index >= 15 is 0 Å². The van der Waals surface area contributed by atoms with E-state index in [1.807, 2.05) is 12.1 Å². The molecule has 1 aliphatic rings. The van der Waals surface area contributed by atoms with Crippen LogP contribution < -0.4 is 10.6 Å². The Morgan fingerprint density at radius 1 is 1.15 bits per heavy atom. The molecule has 8 heteroatoms. The lowest BCUT2D eigenvalue weighted by atomic mass is 10.1. The van der Waals surface area contributed by atoms with Crippen molar-refractivity contribution in [3.05, 3.63) is 56.7 Å². The quantitative estimate of drug-likeness (QED) is 0.791. The van der Waals surface area contributed by atoms with E-state index in [1.54, 1.807) is 12.1 Å². The highest BCUT2D eigenvalue weighted by molar-refractivity contribution is 6.42. The van der Waals surface area contributed by atoms with Crippen molar-refractivity contribution in [2.24, 2.45) is 5.73 Å². The molecule has 1 fully saturated rings. The fourth-order valence-corrected chi connectivity index (χ4v) is 3.48. The van der Waals surface area contributed by atoms with Gasteiger partial charge in [-0.05, 0) is 36.6 Å². The Morgan fingerprint density at radius 2 is 1.88 bits per heavy atom. The predicted molar refractivity (Wildman–Crippen MR) is 104 cm³/mol. The molecule has 138 valence electrons. The van der Waals surface area contributed by atoms with Gasteiger partial charge in [0, 0.05) is 19.3 Å². The Kier molecular flexibility index (Phi) is 6.24. The Balaban J connectivity index is 1.54. The van der Waals surface area contributed by atoms with Crippen molar-refractivity contribution in [3.8, 4) is 0 Å². The largest absolute Gasteiger partial charge is 0.373 e. The van der Waals surface area contributed by atoms with Crippen LogP contribution in [0.2, 0.25) is 15.1 Å². The highest BCUT2D eigenvalue weighted by Crippen LogP contribution is 2.28. The molecule has 1 amide bonds. The summed E-state index contributed by atoms with van der Waals surface area (Å²) in [6.45, 7) is 2.04. The van der Waals surface area contributed by atoms with Crippen LogP contribution in [0.15, 0.2) is 30.5 Å². The van der Waals surface area contributed by atoms with Gasteiger partial charge in [-0.1, -0.05) is 40.9 Å². The highest BCUT2D eigenvalue weighted by Gasteiger charge is 2.22. The van der Waals surface area contributed by atoms with Crippen molar-refractivity contribution in [1.82, 2.24) is 4.98 Å². The molecular formula is C18H18Cl3N3O2. The molecule has 0 unspecified atom stereocenters. The summed E-state index contributed by atoms with van der Waals surface area (Å²) in [6, 6.07) is 7.06. The molecule has 1 aliphatic heterocycles. The van der Waals surface area contributed by atoms with Crippen LogP contribution in [0.25, 0.3) is 0 Å². The smallest absolute Gasteiger partial charge is 0.250 e. The molecule has 1 saturated heterocycles. The van der Waals surface area contributed by atoms with Crippen LogP contribution in [0.5, 0.6) is 0 Å². The normalized spacial score (nSPS) is 15.3. The minimum atomic E-state index is -0.541. The molecule has 0 saturated carbocycles. The Hall–Kier alpha value is -1.53. The molecule has 0 spiro atoms. The lowest BCUT2D eigenvalue weighted by Gasteiger charge is -2.33. The van der Waals surface area contributed by atoms with Crippen LogP contribution in [0.1, 0.15) is 28.8 Å². The molecular weight excluding hydrogens is 397 g/mol. The number of hydrogen-bond acceptors (Lipinski definition) is 4. The summed E-state index contributed by atoms with van der Waals surface area (Å²) in [6.07, 6.45) is 3.33. The average molecular weight is 415 g/mol. The maximum Gasteiger partial charge on any atom is 0.250 e. The lowest BCUT2D eigenvalue weighted by Crippen LogP contribution is -2.37. The summed E-state index contributed by atoms with van der Waals surface area (Å²) in [4.78, 5) is 17.6. The van der Waals surface area contributed by atoms with Gasteiger partial charge in [0.25, 0.3) is 0 Å². The van der Waals surface area contributed by atoms with E-state index in [-0.39, 0.29) is 6.10 Å². The number of nitrogens with zero attached hydrogens (tertiary/aromatic N) is 2. The molecule has 3 rings (SSSR count).